The highest BCUT2D eigenvalue weighted by molar-refractivity contribution is 7.99. The zero-order valence-electron chi connectivity index (χ0n) is 18.3. The number of nitrogens with one attached hydrogen (secondary N) is 1. The number of imidazole rings is 1. The summed E-state index contributed by atoms with van der Waals surface area (Å²) in [6, 6.07) is 13.4. The lowest BCUT2D eigenvalue weighted by atomic mass is 10.2. The molecular weight excluding hydrogens is 459 g/mol. The second-order valence-electron chi connectivity index (χ2n) is 7.97. The topological polar surface area (TPSA) is 87.8 Å². The molecule has 0 bridgehead atoms. The number of piperazine rings is 1. The molecule has 1 fully saturated rings. The highest BCUT2D eigenvalue weighted by Crippen LogP contribution is 2.31. The summed E-state index contributed by atoms with van der Waals surface area (Å²) in [4.78, 5) is 36.5. The van der Waals surface area contributed by atoms with Crippen LogP contribution in [0.5, 0.6) is 11.5 Å². The number of aromatic nitrogens is 2. The van der Waals surface area contributed by atoms with Crippen molar-refractivity contribution < 1.29 is 23.5 Å². The summed E-state index contributed by atoms with van der Waals surface area (Å²) in [6.07, 6.45) is 0.988. The molecule has 1 saturated heterocycles. The van der Waals surface area contributed by atoms with Crippen LogP contribution in [0.4, 0.5) is 4.39 Å². The fraction of sp³-hybridized carbons (Fsp3) is 0.292. The smallest absolute Gasteiger partial charge is 0.267 e. The Labute approximate surface area is 200 Å². The van der Waals surface area contributed by atoms with Gasteiger partial charge in [-0.2, -0.15) is 0 Å². The Bertz CT molecular complexity index is 1180. The van der Waals surface area contributed by atoms with Crippen LogP contribution in [0.2, 0.25) is 0 Å². The molecule has 2 amide bonds. The van der Waals surface area contributed by atoms with E-state index in [2.05, 4.69) is 9.97 Å². The number of thioether (sulfide) groups is 1. The van der Waals surface area contributed by atoms with Gasteiger partial charge in [0, 0.05) is 26.2 Å². The Hall–Kier alpha value is -3.53. The number of fused-ring (bicyclic) bond motifs is 1. The number of carbonyl (C=O) groups is 2. The minimum absolute atomic E-state index is 0.0111. The second-order valence-corrected chi connectivity index (χ2v) is 8.93. The number of amides is 2. The Morgan fingerprint density at radius 3 is 2.50 bits per heavy atom. The number of halogens is 1. The summed E-state index contributed by atoms with van der Waals surface area (Å²) < 4.78 is 24.6. The number of ether oxygens (including phenoxy) is 2. The van der Waals surface area contributed by atoms with Crippen molar-refractivity contribution in [2.24, 2.45) is 0 Å². The van der Waals surface area contributed by atoms with Crippen LogP contribution in [0.15, 0.2) is 59.9 Å². The quantitative estimate of drug-likeness (QED) is 0.563. The number of benzene rings is 2. The minimum atomic E-state index is -0.679. The number of hydrogen-bond acceptors (Lipinski definition) is 6. The summed E-state index contributed by atoms with van der Waals surface area (Å²) >= 11 is 1.32. The van der Waals surface area contributed by atoms with Gasteiger partial charge in [0.1, 0.15) is 12.4 Å². The number of aromatic amines is 1. The van der Waals surface area contributed by atoms with E-state index in [9.17, 15) is 14.0 Å². The average molecular weight is 483 g/mol. The molecular formula is C24H23FN4O4S. The lowest BCUT2D eigenvalue weighted by molar-refractivity contribution is -0.145. The molecule has 2 aromatic carbocycles. The van der Waals surface area contributed by atoms with Gasteiger partial charge in [0.05, 0.1) is 17.6 Å². The summed E-state index contributed by atoms with van der Waals surface area (Å²) in [7, 11) is 0. The lowest BCUT2D eigenvalue weighted by Crippen LogP contribution is -2.55. The summed E-state index contributed by atoms with van der Waals surface area (Å²) in [5.41, 5.74) is 1.59. The molecule has 5 rings (SSSR count). The van der Waals surface area contributed by atoms with Crippen LogP contribution in [-0.2, 0) is 9.59 Å². The van der Waals surface area contributed by atoms with Gasteiger partial charge in [-0.3, -0.25) is 9.59 Å². The van der Waals surface area contributed by atoms with Gasteiger partial charge in [-0.25, -0.2) is 9.37 Å². The maximum Gasteiger partial charge on any atom is 0.267 e. The van der Waals surface area contributed by atoms with Crippen LogP contribution in [0.25, 0.3) is 11.3 Å². The molecule has 0 spiro atoms. The standard InChI is InChI=1S/C24H23FN4O4S/c25-17-7-5-16(6-8-17)18-13-26-24(27-18)34-15-22(30)28-9-11-29(12-10-28)23(31)21-14-32-19-3-1-2-4-20(19)33-21/h1-8,13,21H,9-12,14-15H2,(H,26,27)/t21-/m0/s1. The first-order valence-electron chi connectivity index (χ1n) is 11.0. The van der Waals surface area contributed by atoms with E-state index in [1.807, 2.05) is 18.2 Å². The van der Waals surface area contributed by atoms with Crippen LogP contribution >= 0.6 is 11.8 Å². The Morgan fingerprint density at radius 1 is 1.03 bits per heavy atom. The zero-order valence-corrected chi connectivity index (χ0v) is 19.1. The van der Waals surface area contributed by atoms with Crippen molar-refractivity contribution >= 4 is 23.6 Å². The van der Waals surface area contributed by atoms with Crippen LogP contribution in [-0.4, -0.2) is 76.2 Å². The van der Waals surface area contributed by atoms with Crippen LogP contribution in [0.1, 0.15) is 0 Å². The third kappa shape index (κ3) is 4.86. The molecule has 2 aliphatic rings. The second kappa shape index (κ2) is 9.76. The van der Waals surface area contributed by atoms with E-state index in [4.69, 9.17) is 9.47 Å². The predicted molar refractivity (Wildman–Crippen MR) is 124 cm³/mol. The van der Waals surface area contributed by atoms with Gasteiger partial charge in [0.15, 0.2) is 16.7 Å². The van der Waals surface area contributed by atoms with Crippen molar-refractivity contribution in [1.29, 1.82) is 0 Å². The van der Waals surface area contributed by atoms with Gasteiger partial charge in [-0.05, 0) is 42.0 Å². The Balaban J connectivity index is 1.09. The maximum absolute atomic E-state index is 13.1. The van der Waals surface area contributed by atoms with Crippen molar-refractivity contribution in [3.8, 4) is 22.8 Å². The molecule has 176 valence electrons. The predicted octanol–water partition coefficient (Wildman–Crippen LogP) is 2.82. The molecule has 0 aliphatic carbocycles. The van der Waals surface area contributed by atoms with Gasteiger partial charge in [-0.1, -0.05) is 23.9 Å². The Kier molecular flexibility index (Phi) is 6.39. The molecule has 0 radical (unpaired) electrons. The van der Waals surface area contributed by atoms with E-state index < -0.39 is 6.10 Å². The van der Waals surface area contributed by atoms with Gasteiger partial charge in [0.25, 0.3) is 5.91 Å². The van der Waals surface area contributed by atoms with E-state index >= 15 is 0 Å². The average Bonchev–Trinajstić information content (AvgIpc) is 3.36. The first-order chi connectivity index (χ1) is 16.6. The monoisotopic (exact) mass is 482 g/mol. The van der Waals surface area contributed by atoms with Crippen molar-refractivity contribution in [2.45, 2.75) is 11.3 Å². The van der Waals surface area contributed by atoms with Gasteiger partial charge in [0.2, 0.25) is 12.0 Å². The van der Waals surface area contributed by atoms with Crippen LogP contribution in [0, 0.1) is 5.82 Å². The molecule has 0 saturated carbocycles. The van der Waals surface area contributed by atoms with E-state index in [-0.39, 0.29) is 30.0 Å². The Morgan fingerprint density at radius 2 is 1.74 bits per heavy atom. The first kappa shape index (κ1) is 22.3. The largest absolute Gasteiger partial charge is 0.485 e. The summed E-state index contributed by atoms with van der Waals surface area (Å²) in [5.74, 6) is 1.01. The zero-order chi connectivity index (χ0) is 23.5. The SMILES string of the molecule is O=C(CSc1ncc(-c2ccc(F)cc2)[nH]1)N1CCN(C(=O)[C@@H]2COc3ccccc3O2)CC1. The van der Waals surface area contributed by atoms with Crippen molar-refractivity contribution in [1.82, 2.24) is 19.8 Å². The number of carbonyl (C=O) groups excluding carboxylic acids is 2. The highest BCUT2D eigenvalue weighted by atomic mass is 32.2. The molecule has 1 atom stereocenters. The normalized spacial score (nSPS) is 17.5. The summed E-state index contributed by atoms with van der Waals surface area (Å²) in [6.45, 7) is 2.01. The highest BCUT2D eigenvalue weighted by Gasteiger charge is 2.33. The van der Waals surface area contributed by atoms with Gasteiger partial charge in [-0.15, -0.1) is 0 Å². The number of rotatable bonds is 5. The third-order valence-corrected chi connectivity index (χ3v) is 6.64. The van der Waals surface area contributed by atoms with E-state index in [1.165, 1.54) is 23.9 Å². The molecule has 8 nitrogen and oxygen atoms in total. The fourth-order valence-electron chi connectivity index (χ4n) is 3.89. The van der Waals surface area contributed by atoms with E-state index in [0.717, 1.165) is 11.3 Å². The third-order valence-electron chi connectivity index (χ3n) is 5.77. The molecule has 1 aromatic heterocycles. The van der Waals surface area contributed by atoms with Crippen molar-refractivity contribution in [3.05, 3.63) is 60.5 Å². The van der Waals surface area contributed by atoms with Crippen molar-refractivity contribution in [2.75, 3.05) is 38.5 Å². The fourth-order valence-corrected chi connectivity index (χ4v) is 4.65. The van der Waals surface area contributed by atoms with E-state index in [1.54, 1.807) is 34.2 Å². The molecule has 3 aromatic rings. The molecule has 2 aliphatic heterocycles. The van der Waals surface area contributed by atoms with E-state index in [0.29, 0.717) is 42.8 Å². The first-order valence-corrected chi connectivity index (χ1v) is 11.9. The number of para-hydroxylation sites is 2. The van der Waals surface area contributed by atoms with Crippen LogP contribution < -0.4 is 9.47 Å². The lowest BCUT2D eigenvalue weighted by Gasteiger charge is -2.37. The molecule has 34 heavy (non-hydrogen) atoms. The molecule has 1 N–H and O–H groups in total. The molecule has 0 unspecified atom stereocenters. The molecule has 3 heterocycles. The number of nitrogens with zero attached hydrogens (tertiary/aromatic N) is 3. The van der Waals surface area contributed by atoms with Gasteiger partial charge < -0.3 is 24.3 Å². The van der Waals surface area contributed by atoms with Crippen molar-refractivity contribution in [3.63, 3.8) is 0 Å². The minimum Gasteiger partial charge on any atom is -0.485 e. The number of hydrogen-bond donors (Lipinski definition) is 1. The molecule has 10 heteroatoms. The number of H-pyrrole nitrogens is 1. The van der Waals surface area contributed by atoms with Crippen LogP contribution in [0.3, 0.4) is 0 Å². The summed E-state index contributed by atoms with van der Waals surface area (Å²) in [5, 5.41) is 0.621. The van der Waals surface area contributed by atoms with Gasteiger partial charge >= 0.3 is 0 Å². The maximum atomic E-state index is 13.1.